The van der Waals surface area contributed by atoms with Crippen LogP contribution in [-0.4, -0.2) is 69.3 Å². The number of nitrogens with two attached hydrogens (primary N) is 1. The van der Waals surface area contributed by atoms with E-state index < -0.39 is 52.5 Å². The Morgan fingerprint density at radius 3 is 2.52 bits per heavy atom. The van der Waals surface area contributed by atoms with E-state index in [0.29, 0.717) is 0 Å². The molecule has 0 radical (unpaired) electrons. The Kier molecular flexibility index (Phi) is 7.29. The summed E-state index contributed by atoms with van der Waals surface area (Å²) in [6.07, 6.45) is -2.90. The lowest BCUT2D eigenvalue weighted by molar-refractivity contribution is -0.0469. The van der Waals surface area contributed by atoms with Gasteiger partial charge in [-0.25, -0.2) is 28.4 Å². The first kappa shape index (κ1) is 25.1. The number of rotatable bonds is 8. The minimum absolute atomic E-state index is 0.0931. The van der Waals surface area contributed by atoms with E-state index in [1.807, 2.05) is 0 Å². The zero-order valence-corrected chi connectivity index (χ0v) is 19.3. The Balaban J connectivity index is 1.69. The third-order valence-electron chi connectivity index (χ3n) is 3.82. The second-order valence-corrected chi connectivity index (χ2v) is 14.3. The molecule has 2 aromatic heterocycles. The standard InChI is InChI=1S/C10H16N5O11P3S2/c11-8-5-9(13-2-12-8)15(3-14-5)10-7(17)6(16)4(24-10)1-23-29(30,31)26-28(21,22)25-27(18,19)20/h2-4,6-7,10,16-17H,1H2,(H,21,22)(H,30,31)(H2,11,12,13)(H2,18,19,20)/t4-,6-,7-,10?/m1/s1. The Hall–Kier alpha value is -0.550. The number of hydrogen-bond acceptors (Lipinski definition) is 13. The molecule has 1 aliphatic heterocycles. The average Bonchev–Trinajstić information content (AvgIpc) is 3.13. The SMILES string of the molecule is Nc1ncnc2c1ncn2C1O[C@H](COP(=S)(S)OP(=O)(O)OP(=O)(O)O)[C@@H](O)[C@H]1O. The van der Waals surface area contributed by atoms with E-state index >= 15 is 0 Å². The van der Waals surface area contributed by atoms with Gasteiger partial charge < -0.3 is 39.9 Å². The second-order valence-electron chi connectivity index (χ2n) is 6.02. The molecule has 3 unspecified atom stereocenters. The summed E-state index contributed by atoms with van der Waals surface area (Å²) in [5.41, 5.74) is 2.27. The van der Waals surface area contributed by atoms with E-state index in [4.69, 9.17) is 36.6 Å². The van der Waals surface area contributed by atoms with Gasteiger partial charge in [-0.1, -0.05) is 12.2 Å². The predicted molar refractivity (Wildman–Crippen MR) is 109 cm³/mol. The van der Waals surface area contributed by atoms with Gasteiger partial charge in [-0.3, -0.25) is 4.57 Å². The molecule has 1 saturated heterocycles. The molecular formula is C10H16N5O11P3S2. The van der Waals surface area contributed by atoms with Crippen LogP contribution < -0.4 is 5.73 Å². The van der Waals surface area contributed by atoms with Gasteiger partial charge in [-0.15, -0.1) is 0 Å². The Labute approximate surface area is 183 Å². The van der Waals surface area contributed by atoms with Crippen LogP contribution >= 0.6 is 33.6 Å². The molecule has 0 aliphatic carbocycles. The summed E-state index contributed by atoms with van der Waals surface area (Å²) in [6, 6.07) is 0. The molecule has 0 spiro atoms. The Morgan fingerprint density at radius 1 is 1.19 bits per heavy atom. The Bertz CT molecular complexity index is 1110. The van der Waals surface area contributed by atoms with Crippen molar-refractivity contribution in [1.82, 2.24) is 19.5 Å². The molecular weight excluding hydrogens is 523 g/mol. The summed E-state index contributed by atoms with van der Waals surface area (Å²) in [6.45, 7) is -0.574. The molecule has 0 aromatic carbocycles. The molecule has 7 N–H and O–H groups in total. The van der Waals surface area contributed by atoms with Crippen LogP contribution in [0, 0.1) is 0 Å². The van der Waals surface area contributed by atoms with Gasteiger partial charge in [0.05, 0.1) is 12.9 Å². The lowest BCUT2D eigenvalue weighted by Gasteiger charge is -2.22. The number of imidazole rings is 1. The number of nitrogen functional groups attached to an aromatic ring is 1. The van der Waals surface area contributed by atoms with Crippen molar-refractivity contribution in [2.45, 2.75) is 24.5 Å². The van der Waals surface area contributed by atoms with Crippen molar-refractivity contribution in [1.29, 1.82) is 0 Å². The van der Waals surface area contributed by atoms with E-state index in [1.54, 1.807) is 0 Å². The maximum absolute atomic E-state index is 11.6. The van der Waals surface area contributed by atoms with Gasteiger partial charge in [-0.05, 0) is 11.8 Å². The largest absolute Gasteiger partial charge is 0.487 e. The molecule has 0 amide bonds. The fourth-order valence-electron chi connectivity index (χ4n) is 2.62. The normalized spacial score (nSPS) is 28.5. The van der Waals surface area contributed by atoms with Gasteiger partial charge in [0.25, 0.3) is 5.69 Å². The van der Waals surface area contributed by atoms with Crippen LogP contribution in [0.1, 0.15) is 6.23 Å². The summed E-state index contributed by atoms with van der Waals surface area (Å²) in [7, 11) is -10.7. The topological polar surface area (TPSA) is 242 Å². The highest BCUT2D eigenvalue weighted by molar-refractivity contribution is 8.60. The second kappa shape index (κ2) is 9.00. The first-order valence-electron chi connectivity index (χ1n) is 7.92. The highest BCUT2D eigenvalue weighted by atomic mass is 32.9. The summed E-state index contributed by atoms with van der Waals surface area (Å²) >= 11 is 8.56. The van der Waals surface area contributed by atoms with Crippen molar-refractivity contribution >= 4 is 62.4 Å². The van der Waals surface area contributed by atoms with Crippen LogP contribution in [0.2, 0.25) is 0 Å². The molecule has 0 saturated carbocycles. The van der Waals surface area contributed by atoms with Crippen molar-refractivity contribution in [2.75, 3.05) is 12.3 Å². The molecule has 1 aliphatic rings. The fraction of sp³-hybridized carbons (Fsp3) is 0.500. The van der Waals surface area contributed by atoms with Crippen LogP contribution in [0.3, 0.4) is 0 Å². The highest BCUT2D eigenvalue weighted by Crippen LogP contribution is 2.69. The van der Waals surface area contributed by atoms with Gasteiger partial charge in [0.2, 0.25) is 0 Å². The maximum atomic E-state index is 11.6. The third-order valence-corrected chi connectivity index (χ3v) is 9.54. The molecule has 1 fully saturated rings. The summed E-state index contributed by atoms with van der Waals surface area (Å²) in [5.74, 6) is 0.0931. The van der Waals surface area contributed by atoms with E-state index in [2.05, 4.69) is 35.8 Å². The summed E-state index contributed by atoms with van der Waals surface area (Å²) in [5, 5.41) is 20.6. The predicted octanol–water partition coefficient (Wildman–Crippen LogP) is -0.575. The van der Waals surface area contributed by atoms with Crippen molar-refractivity contribution < 1.29 is 51.9 Å². The first-order valence-corrected chi connectivity index (χ1v) is 14.7. The molecule has 0 bridgehead atoms. The lowest BCUT2D eigenvalue weighted by atomic mass is 10.1. The number of aliphatic hydroxyl groups excluding tert-OH is 2. The molecule has 21 heteroatoms. The van der Waals surface area contributed by atoms with Crippen LogP contribution in [0.15, 0.2) is 12.7 Å². The lowest BCUT2D eigenvalue weighted by Crippen LogP contribution is -2.33. The minimum atomic E-state index is -5.37. The quantitative estimate of drug-likeness (QED) is 0.164. The highest BCUT2D eigenvalue weighted by Gasteiger charge is 2.45. The Morgan fingerprint density at radius 2 is 1.87 bits per heavy atom. The average molecular weight is 539 g/mol. The van der Waals surface area contributed by atoms with Gasteiger partial charge in [0.1, 0.15) is 30.2 Å². The molecule has 16 nitrogen and oxygen atoms in total. The molecule has 31 heavy (non-hydrogen) atoms. The monoisotopic (exact) mass is 539 g/mol. The van der Waals surface area contributed by atoms with E-state index in [0.717, 1.165) is 0 Å². The van der Waals surface area contributed by atoms with Gasteiger partial charge in [0, 0.05) is 0 Å². The number of thiol groups is 1. The van der Waals surface area contributed by atoms with Crippen LogP contribution in [0.4, 0.5) is 5.82 Å². The van der Waals surface area contributed by atoms with Crippen LogP contribution in [-0.2, 0) is 38.8 Å². The number of aliphatic hydroxyl groups is 2. The van der Waals surface area contributed by atoms with Gasteiger partial charge >= 0.3 is 15.6 Å². The van der Waals surface area contributed by atoms with E-state index in [9.17, 15) is 24.2 Å². The van der Waals surface area contributed by atoms with Crippen molar-refractivity contribution in [3.63, 3.8) is 0 Å². The van der Waals surface area contributed by atoms with E-state index in [-0.39, 0.29) is 17.0 Å². The van der Waals surface area contributed by atoms with Crippen molar-refractivity contribution in [2.24, 2.45) is 0 Å². The fourth-order valence-corrected chi connectivity index (χ4v) is 7.63. The molecule has 174 valence electrons. The maximum Gasteiger partial charge on any atom is 0.487 e. The molecule has 3 heterocycles. The molecule has 2 aromatic rings. The van der Waals surface area contributed by atoms with E-state index in [1.165, 1.54) is 17.2 Å². The number of phosphoric acid groups is 2. The summed E-state index contributed by atoms with van der Waals surface area (Å²) < 4.78 is 42.3. The smallest absolute Gasteiger partial charge is 0.387 e. The number of anilines is 1. The van der Waals surface area contributed by atoms with Crippen molar-refractivity contribution in [3.8, 4) is 0 Å². The summed E-state index contributed by atoms with van der Waals surface area (Å²) in [4.78, 5) is 38.4. The van der Waals surface area contributed by atoms with Crippen molar-refractivity contribution in [3.05, 3.63) is 12.7 Å². The zero-order chi connectivity index (χ0) is 23.2. The zero-order valence-electron chi connectivity index (χ0n) is 14.9. The first-order chi connectivity index (χ1) is 14.2. The van der Waals surface area contributed by atoms with Gasteiger partial charge in [0.15, 0.2) is 17.7 Å². The number of ether oxygens (including phenoxy) is 1. The molecule has 3 rings (SSSR count). The third kappa shape index (κ3) is 6.07. The molecule has 6 atom stereocenters. The minimum Gasteiger partial charge on any atom is -0.387 e. The number of fused-ring (bicyclic) bond motifs is 1. The van der Waals surface area contributed by atoms with Crippen LogP contribution in [0.25, 0.3) is 11.2 Å². The number of aromatic nitrogens is 4. The number of hydrogen-bond donors (Lipinski definition) is 7. The van der Waals surface area contributed by atoms with Crippen LogP contribution in [0.5, 0.6) is 0 Å². The number of nitrogens with zero attached hydrogens (tertiary/aromatic N) is 4. The van der Waals surface area contributed by atoms with Gasteiger partial charge in [-0.2, -0.15) is 4.31 Å².